The molecule has 2 aromatic carbocycles. The fourth-order valence-electron chi connectivity index (χ4n) is 2.11. The van der Waals surface area contributed by atoms with E-state index in [-0.39, 0.29) is 12.5 Å². The summed E-state index contributed by atoms with van der Waals surface area (Å²) in [5, 5.41) is 6.97. The first-order chi connectivity index (χ1) is 10.3. The third-order valence-corrected chi connectivity index (χ3v) is 4.02. The van der Waals surface area contributed by atoms with Crippen LogP contribution in [0.25, 0.3) is 10.8 Å². The van der Waals surface area contributed by atoms with Gasteiger partial charge in [-0.3, -0.25) is 4.79 Å². The van der Waals surface area contributed by atoms with Crippen molar-refractivity contribution in [2.75, 3.05) is 6.61 Å². The molecule has 1 heterocycles. The molecule has 0 aliphatic carbocycles. The average molecular weight is 297 g/mol. The summed E-state index contributed by atoms with van der Waals surface area (Å²) < 4.78 is 5.64. The van der Waals surface area contributed by atoms with Crippen molar-refractivity contribution < 1.29 is 9.53 Å². The SMILES string of the molecule is O=C(COc1cccc2ccccc12)NCc1cccs1. The van der Waals surface area contributed by atoms with Crippen LogP contribution in [0.1, 0.15) is 4.88 Å². The molecule has 1 aromatic heterocycles. The van der Waals surface area contributed by atoms with Crippen LogP contribution in [0.4, 0.5) is 0 Å². The quantitative estimate of drug-likeness (QED) is 0.781. The minimum Gasteiger partial charge on any atom is -0.483 e. The predicted molar refractivity (Wildman–Crippen MR) is 85.6 cm³/mol. The molecule has 0 saturated heterocycles. The second-order valence-corrected chi connectivity index (χ2v) is 5.65. The third-order valence-electron chi connectivity index (χ3n) is 3.15. The highest BCUT2D eigenvalue weighted by Crippen LogP contribution is 2.24. The Morgan fingerprint density at radius 2 is 1.90 bits per heavy atom. The van der Waals surface area contributed by atoms with E-state index in [1.807, 2.05) is 60.0 Å². The molecule has 0 aliphatic heterocycles. The number of fused-ring (bicyclic) bond motifs is 1. The van der Waals surface area contributed by atoms with Crippen LogP contribution < -0.4 is 10.1 Å². The highest BCUT2D eigenvalue weighted by Gasteiger charge is 2.05. The van der Waals surface area contributed by atoms with Gasteiger partial charge in [-0.25, -0.2) is 0 Å². The Kier molecular flexibility index (Phi) is 4.17. The van der Waals surface area contributed by atoms with Crippen molar-refractivity contribution in [2.24, 2.45) is 0 Å². The van der Waals surface area contributed by atoms with E-state index in [0.29, 0.717) is 6.54 Å². The monoisotopic (exact) mass is 297 g/mol. The number of hydrogen-bond donors (Lipinski definition) is 1. The first kappa shape index (κ1) is 13.6. The number of thiophene rings is 1. The number of amides is 1. The molecule has 106 valence electrons. The van der Waals surface area contributed by atoms with Crippen LogP contribution in [0.15, 0.2) is 60.0 Å². The molecule has 0 saturated carbocycles. The molecule has 0 unspecified atom stereocenters. The molecule has 3 aromatic rings. The van der Waals surface area contributed by atoms with E-state index in [2.05, 4.69) is 5.32 Å². The Labute approximate surface area is 127 Å². The van der Waals surface area contributed by atoms with E-state index in [9.17, 15) is 4.79 Å². The standard InChI is InChI=1S/C17H15NO2S/c19-17(18-11-14-7-4-10-21-14)12-20-16-9-3-6-13-5-1-2-8-15(13)16/h1-10H,11-12H2,(H,18,19). The van der Waals surface area contributed by atoms with Gasteiger partial charge in [-0.1, -0.05) is 42.5 Å². The van der Waals surface area contributed by atoms with Crippen LogP contribution in [-0.2, 0) is 11.3 Å². The first-order valence-electron chi connectivity index (χ1n) is 6.72. The van der Waals surface area contributed by atoms with E-state index < -0.39 is 0 Å². The van der Waals surface area contributed by atoms with Crippen LogP contribution in [0.5, 0.6) is 5.75 Å². The van der Waals surface area contributed by atoms with Crippen molar-refractivity contribution in [1.29, 1.82) is 0 Å². The van der Waals surface area contributed by atoms with Gasteiger partial charge >= 0.3 is 0 Å². The van der Waals surface area contributed by atoms with Crippen molar-refractivity contribution >= 4 is 28.0 Å². The Balaban J connectivity index is 1.60. The van der Waals surface area contributed by atoms with Crippen molar-refractivity contribution in [2.45, 2.75) is 6.54 Å². The van der Waals surface area contributed by atoms with Crippen LogP contribution in [-0.4, -0.2) is 12.5 Å². The number of benzene rings is 2. The van der Waals surface area contributed by atoms with Gasteiger partial charge in [0, 0.05) is 10.3 Å². The van der Waals surface area contributed by atoms with Gasteiger partial charge in [-0.15, -0.1) is 11.3 Å². The molecule has 0 atom stereocenters. The highest BCUT2D eigenvalue weighted by atomic mass is 32.1. The highest BCUT2D eigenvalue weighted by molar-refractivity contribution is 7.09. The number of carbonyl (C=O) groups excluding carboxylic acids is 1. The Bertz CT molecular complexity index is 732. The van der Waals surface area contributed by atoms with E-state index >= 15 is 0 Å². The minimum absolute atomic E-state index is 0.0272. The summed E-state index contributed by atoms with van der Waals surface area (Å²) in [5.74, 6) is 0.621. The summed E-state index contributed by atoms with van der Waals surface area (Å²) >= 11 is 1.63. The molecular weight excluding hydrogens is 282 g/mol. The molecule has 0 spiro atoms. The zero-order chi connectivity index (χ0) is 14.5. The Morgan fingerprint density at radius 1 is 1.05 bits per heavy atom. The van der Waals surface area contributed by atoms with Gasteiger partial charge in [-0.2, -0.15) is 0 Å². The summed E-state index contributed by atoms with van der Waals surface area (Å²) in [6.07, 6.45) is 0. The molecule has 0 radical (unpaired) electrons. The predicted octanol–water partition coefficient (Wildman–Crippen LogP) is 3.60. The van der Waals surface area contributed by atoms with Gasteiger partial charge in [0.05, 0.1) is 6.54 Å². The molecule has 0 bridgehead atoms. The first-order valence-corrected chi connectivity index (χ1v) is 7.60. The minimum atomic E-state index is -0.115. The van der Waals surface area contributed by atoms with Crippen LogP contribution >= 0.6 is 11.3 Å². The average Bonchev–Trinajstić information content (AvgIpc) is 3.04. The van der Waals surface area contributed by atoms with Gasteiger partial charge in [-0.05, 0) is 22.9 Å². The number of ether oxygens (including phenoxy) is 1. The zero-order valence-electron chi connectivity index (χ0n) is 11.4. The molecule has 21 heavy (non-hydrogen) atoms. The zero-order valence-corrected chi connectivity index (χ0v) is 12.2. The molecule has 1 amide bonds. The normalized spacial score (nSPS) is 10.5. The van der Waals surface area contributed by atoms with Gasteiger partial charge in [0.25, 0.3) is 5.91 Å². The van der Waals surface area contributed by atoms with Crippen molar-refractivity contribution in [3.8, 4) is 5.75 Å². The molecule has 0 fully saturated rings. The summed E-state index contributed by atoms with van der Waals surface area (Å²) in [5.41, 5.74) is 0. The molecule has 3 nitrogen and oxygen atoms in total. The van der Waals surface area contributed by atoms with Gasteiger partial charge in [0.15, 0.2) is 6.61 Å². The maximum atomic E-state index is 11.8. The topological polar surface area (TPSA) is 38.3 Å². The van der Waals surface area contributed by atoms with E-state index in [1.54, 1.807) is 11.3 Å². The molecule has 1 N–H and O–H groups in total. The summed E-state index contributed by atoms with van der Waals surface area (Å²) in [4.78, 5) is 12.9. The fourth-order valence-corrected chi connectivity index (χ4v) is 2.76. The summed E-state index contributed by atoms with van der Waals surface area (Å²) in [7, 11) is 0. The van der Waals surface area contributed by atoms with E-state index in [1.165, 1.54) is 0 Å². The lowest BCUT2D eigenvalue weighted by molar-refractivity contribution is -0.123. The van der Waals surface area contributed by atoms with E-state index in [4.69, 9.17) is 4.74 Å². The van der Waals surface area contributed by atoms with Gasteiger partial charge in [0.1, 0.15) is 5.75 Å². The van der Waals surface area contributed by atoms with Gasteiger partial charge in [0.2, 0.25) is 0 Å². The lowest BCUT2D eigenvalue weighted by Crippen LogP contribution is -2.28. The second-order valence-electron chi connectivity index (χ2n) is 4.62. The van der Waals surface area contributed by atoms with Crippen LogP contribution in [0, 0.1) is 0 Å². The van der Waals surface area contributed by atoms with Crippen LogP contribution in [0.3, 0.4) is 0 Å². The number of rotatable bonds is 5. The maximum Gasteiger partial charge on any atom is 0.258 e. The second kappa shape index (κ2) is 6.41. The smallest absolute Gasteiger partial charge is 0.258 e. The maximum absolute atomic E-state index is 11.8. The lowest BCUT2D eigenvalue weighted by Gasteiger charge is -2.09. The summed E-state index contributed by atoms with van der Waals surface area (Å²) in [6, 6.07) is 17.8. The Morgan fingerprint density at radius 3 is 2.76 bits per heavy atom. The molecule has 0 aliphatic rings. The molecule has 4 heteroatoms. The van der Waals surface area contributed by atoms with Crippen molar-refractivity contribution in [1.82, 2.24) is 5.32 Å². The third kappa shape index (κ3) is 3.41. The van der Waals surface area contributed by atoms with Crippen molar-refractivity contribution in [3.05, 3.63) is 64.9 Å². The fraction of sp³-hybridized carbons (Fsp3) is 0.118. The van der Waals surface area contributed by atoms with Crippen molar-refractivity contribution in [3.63, 3.8) is 0 Å². The van der Waals surface area contributed by atoms with Gasteiger partial charge < -0.3 is 10.1 Å². The number of hydrogen-bond acceptors (Lipinski definition) is 3. The Hall–Kier alpha value is -2.33. The van der Waals surface area contributed by atoms with Crippen LogP contribution in [0.2, 0.25) is 0 Å². The molecular formula is C17H15NO2S. The number of nitrogens with one attached hydrogen (secondary N) is 1. The number of carbonyl (C=O) groups is 1. The van der Waals surface area contributed by atoms with E-state index in [0.717, 1.165) is 21.4 Å². The molecule has 3 rings (SSSR count). The summed E-state index contributed by atoms with van der Waals surface area (Å²) in [6.45, 7) is 0.578. The lowest BCUT2D eigenvalue weighted by atomic mass is 10.1. The largest absolute Gasteiger partial charge is 0.483 e.